The van der Waals surface area contributed by atoms with Gasteiger partial charge in [0.25, 0.3) is 0 Å². The van der Waals surface area contributed by atoms with Gasteiger partial charge in [-0.05, 0) is 30.3 Å². The zero-order chi connectivity index (χ0) is 13.7. The second-order valence-electron chi connectivity index (χ2n) is 4.32. The van der Waals surface area contributed by atoms with Gasteiger partial charge >= 0.3 is 0 Å². The SMILES string of the molecule is CN(CCc1ccccn1)c1ccc(C=O)c(Cl)c1. The first-order chi connectivity index (χ1) is 9.20. The van der Waals surface area contributed by atoms with E-state index in [0.717, 1.165) is 30.6 Å². The van der Waals surface area contributed by atoms with Crippen molar-refractivity contribution in [3.63, 3.8) is 0 Å². The fraction of sp³-hybridized carbons (Fsp3) is 0.200. The summed E-state index contributed by atoms with van der Waals surface area (Å²) in [5, 5.41) is 0.484. The lowest BCUT2D eigenvalue weighted by Crippen LogP contribution is -2.20. The molecule has 19 heavy (non-hydrogen) atoms. The summed E-state index contributed by atoms with van der Waals surface area (Å²) in [7, 11) is 2.00. The number of carbonyl (C=O) groups excluding carboxylic acids is 1. The molecule has 2 aromatic rings. The van der Waals surface area contributed by atoms with Crippen molar-refractivity contribution in [2.75, 3.05) is 18.5 Å². The fourth-order valence-electron chi connectivity index (χ4n) is 1.81. The highest BCUT2D eigenvalue weighted by molar-refractivity contribution is 6.33. The van der Waals surface area contributed by atoms with Crippen molar-refractivity contribution in [1.29, 1.82) is 0 Å². The molecule has 1 heterocycles. The summed E-state index contributed by atoms with van der Waals surface area (Å²) in [6.07, 6.45) is 3.43. The molecule has 3 nitrogen and oxygen atoms in total. The summed E-state index contributed by atoms with van der Waals surface area (Å²) < 4.78 is 0. The quantitative estimate of drug-likeness (QED) is 0.785. The summed E-state index contributed by atoms with van der Waals surface area (Å²) in [6.45, 7) is 0.841. The lowest BCUT2D eigenvalue weighted by Gasteiger charge is -2.19. The molecule has 0 spiro atoms. The first-order valence-electron chi connectivity index (χ1n) is 6.06. The average Bonchev–Trinajstić information content (AvgIpc) is 2.45. The maximum Gasteiger partial charge on any atom is 0.151 e. The summed E-state index contributed by atoms with van der Waals surface area (Å²) in [6, 6.07) is 11.3. The Morgan fingerprint density at radius 1 is 1.32 bits per heavy atom. The average molecular weight is 275 g/mol. The summed E-state index contributed by atoms with van der Waals surface area (Å²) in [5.74, 6) is 0. The Morgan fingerprint density at radius 2 is 2.16 bits per heavy atom. The Hall–Kier alpha value is -1.87. The first-order valence-corrected chi connectivity index (χ1v) is 6.44. The van der Waals surface area contributed by atoms with Crippen LogP contribution in [0.25, 0.3) is 0 Å². The van der Waals surface area contributed by atoms with Crippen molar-refractivity contribution in [3.8, 4) is 0 Å². The third kappa shape index (κ3) is 3.55. The van der Waals surface area contributed by atoms with Crippen LogP contribution in [0.3, 0.4) is 0 Å². The molecule has 0 aliphatic heterocycles. The molecule has 0 atom stereocenters. The molecule has 2 rings (SSSR count). The van der Waals surface area contributed by atoms with Gasteiger partial charge in [-0.1, -0.05) is 17.7 Å². The van der Waals surface area contributed by atoms with E-state index in [9.17, 15) is 4.79 Å². The Balaban J connectivity index is 2.02. The van der Waals surface area contributed by atoms with Crippen LogP contribution >= 0.6 is 11.6 Å². The molecule has 1 aromatic carbocycles. The second-order valence-corrected chi connectivity index (χ2v) is 4.72. The molecule has 0 radical (unpaired) electrons. The van der Waals surface area contributed by atoms with Crippen molar-refractivity contribution in [3.05, 3.63) is 58.9 Å². The van der Waals surface area contributed by atoms with Gasteiger partial charge in [-0.15, -0.1) is 0 Å². The van der Waals surface area contributed by atoms with E-state index in [1.807, 2.05) is 37.4 Å². The number of carbonyl (C=O) groups is 1. The summed E-state index contributed by atoms with van der Waals surface area (Å²) in [5.41, 5.74) is 2.57. The van der Waals surface area contributed by atoms with Crippen LogP contribution in [0.4, 0.5) is 5.69 Å². The molecule has 4 heteroatoms. The van der Waals surface area contributed by atoms with E-state index in [1.54, 1.807) is 12.3 Å². The summed E-state index contributed by atoms with van der Waals surface area (Å²) in [4.78, 5) is 17.1. The van der Waals surface area contributed by atoms with Crippen molar-refractivity contribution in [1.82, 2.24) is 4.98 Å². The number of aldehydes is 1. The van der Waals surface area contributed by atoms with E-state index in [-0.39, 0.29) is 0 Å². The van der Waals surface area contributed by atoms with Crippen molar-refractivity contribution in [2.24, 2.45) is 0 Å². The molecular weight excluding hydrogens is 260 g/mol. The molecule has 0 saturated heterocycles. The van der Waals surface area contributed by atoms with E-state index in [4.69, 9.17) is 11.6 Å². The standard InChI is InChI=1S/C15H15ClN2O/c1-18(9-7-13-4-2-3-8-17-13)14-6-5-12(11-19)15(16)10-14/h2-6,8,10-11H,7,9H2,1H3. The van der Waals surface area contributed by atoms with E-state index in [0.29, 0.717) is 10.6 Å². The molecule has 0 bridgehead atoms. The number of hydrogen-bond acceptors (Lipinski definition) is 3. The summed E-state index contributed by atoms with van der Waals surface area (Å²) >= 11 is 6.02. The molecule has 0 fully saturated rings. The van der Waals surface area contributed by atoms with Gasteiger partial charge in [0.2, 0.25) is 0 Å². The predicted octanol–water partition coefficient (Wildman–Crippen LogP) is 3.23. The van der Waals surface area contributed by atoms with Gasteiger partial charge in [-0.2, -0.15) is 0 Å². The smallest absolute Gasteiger partial charge is 0.151 e. The third-order valence-electron chi connectivity index (χ3n) is 2.98. The largest absolute Gasteiger partial charge is 0.374 e. The third-order valence-corrected chi connectivity index (χ3v) is 3.31. The minimum atomic E-state index is 0.484. The van der Waals surface area contributed by atoms with Crippen LogP contribution in [0, 0.1) is 0 Å². The molecule has 0 amide bonds. The number of benzene rings is 1. The van der Waals surface area contributed by atoms with Crippen LogP contribution in [0.2, 0.25) is 5.02 Å². The van der Waals surface area contributed by atoms with Gasteiger partial charge < -0.3 is 4.90 Å². The maximum absolute atomic E-state index is 10.7. The van der Waals surface area contributed by atoms with Crippen LogP contribution in [-0.2, 0) is 6.42 Å². The van der Waals surface area contributed by atoms with Crippen LogP contribution in [-0.4, -0.2) is 24.9 Å². The fourth-order valence-corrected chi connectivity index (χ4v) is 2.03. The van der Waals surface area contributed by atoms with Gasteiger partial charge in [0.1, 0.15) is 0 Å². The van der Waals surface area contributed by atoms with Gasteiger partial charge in [0.05, 0.1) is 5.02 Å². The Kier molecular flexibility index (Phi) is 4.53. The number of pyridine rings is 1. The molecule has 0 saturated carbocycles. The topological polar surface area (TPSA) is 33.2 Å². The minimum absolute atomic E-state index is 0.484. The van der Waals surface area contributed by atoms with E-state index in [1.165, 1.54) is 0 Å². The molecule has 0 aliphatic carbocycles. The number of nitrogens with zero attached hydrogens (tertiary/aromatic N) is 2. The number of rotatable bonds is 5. The number of hydrogen-bond donors (Lipinski definition) is 0. The van der Waals surface area contributed by atoms with Crippen LogP contribution in [0.15, 0.2) is 42.6 Å². The zero-order valence-electron chi connectivity index (χ0n) is 10.7. The molecular formula is C15H15ClN2O. The lowest BCUT2D eigenvalue weighted by atomic mass is 10.2. The second kappa shape index (κ2) is 6.34. The maximum atomic E-state index is 10.7. The highest BCUT2D eigenvalue weighted by Gasteiger charge is 2.05. The minimum Gasteiger partial charge on any atom is -0.374 e. The number of halogens is 1. The number of aromatic nitrogens is 1. The predicted molar refractivity (Wildman–Crippen MR) is 78.1 cm³/mol. The van der Waals surface area contributed by atoms with Gasteiger partial charge in [0, 0.05) is 43.2 Å². The van der Waals surface area contributed by atoms with Crippen LogP contribution in [0.5, 0.6) is 0 Å². The number of anilines is 1. The van der Waals surface area contributed by atoms with Crippen LogP contribution < -0.4 is 4.90 Å². The van der Waals surface area contributed by atoms with Crippen molar-refractivity contribution >= 4 is 23.6 Å². The van der Waals surface area contributed by atoms with Crippen LogP contribution in [0.1, 0.15) is 16.1 Å². The monoisotopic (exact) mass is 274 g/mol. The molecule has 0 N–H and O–H groups in total. The molecule has 0 unspecified atom stereocenters. The van der Waals surface area contributed by atoms with E-state index < -0.39 is 0 Å². The van der Waals surface area contributed by atoms with E-state index >= 15 is 0 Å². The van der Waals surface area contributed by atoms with Gasteiger partial charge in [-0.3, -0.25) is 9.78 Å². The Labute approximate surface area is 117 Å². The lowest BCUT2D eigenvalue weighted by molar-refractivity contribution is 0.112. The molecule has 98 valence electrons. The number of likely N-dealkylation sites (N-methyl/N-ethyl adjacent to an activating group) is 1. The highest BCUT2D eigenvalue weighted by atomic mass is 35.5. The Morgan fingerprint density at radius 3 is 2.79 bits per heavy atom. The van der Waals surface area contributed by atoms with Crippen molar-refractivity contribution < 1.29 is 4.79 Å². The molecule has 1 aromatic heterocycles. The first kappa shape index (κ1) is 13.6. The van der Waals surface area contributed by atoms with E-state index in [2.05, 4.69) is 9.88 Å². The van der Waals surface area contributed by atoms with Gasteiger partial charge in [0.15, 0.2) is 6.29 Å². The normalized spacial score (nSPS) is 10.2. The van der Waals surface area contributed by atoms with Crippen molar-refractivity contribution in [2.45, 2.75) is 6.42 Å². The van der Waals surface area contributed by atoms with Gasteiger partial charge in [-0.25, -0.2) is 0 Å². The zero-order valence-corrected chi connectivity index (χ0v) is 11.5. The Bertz CT molecular complexity index is 557. The highest BCUT2D eigenvalue weighted by Crippen LogP contribution is 2.22. The molecule has 0 aliphatic rings.